The maximum atomic E-state index is 5.29. The van der Waals surface area contributed by atoms with Gasteiger partial charge in [0.05, 0.1) is 0 Å². The van der Waals surface area contributed by atoms with Gasteiger partial charge in [0.2, 0.25) is 0 Å². The highest BCUT2D eigenvalue weighted by Gasteiger charge is 2.10. The molecule has 1 N–H and O–H groups in total. The third-order valence-electron chi connectivity index (χ3n) is 1.19. The van der Waals surface area contributed by atoms with Crippen LogP contribution in [0.5, 0.6) is 0 Å². The van der Waals surface area contributed by atoms with Crippen LogP contribution < -0.4 is 5.23 Å². The molecule has 0 aromatic heterocycles. The SMILES string of the molecule is CCO[NH+](CC(C)C)OCC. The molecule has 0 radical (unpaired) electrons. The van der Waals surface area contributed by atoms with E-state index >= 15 is 0 Å². The van der Waals surface area contributed by atoms with Crippen molar-refractivity contribution in [1.29, 1.82) is 0 Å². The largest absolute Gasteiger partial charge is 0.170 e. The van der Waals surface area contributed by atoms with E-state index in [4.69, 9.17) is 9.68 Å². The Labute approximate surface area is 69.2 Å². The lowest BCUT2D eigenvalue weighted by Crippen LogP contribution is -3.10. The molecule has 0 rings (SSSR count). The Morgan fingerprint density at radius 1 is 1.09 bits per heavy atom. The number of hydroxylamine groups is 2. The van der Waals surface area contributed by atoms with Gasteiger partial charge in [-0.25, -0.2) is 0 Å². The standard InChI is InChI=1S/C8H19NO2/c1-5-10-9(11-6-2)7-8(3)4/h8H,5-7H2,1-4H3/p+1. The molecular formula is C8H20NO2+. The van der Waals surface area contributed by atoms with Crippen molar-refractivity contribution < 1.29 is 14.9 Å². The Bertz CT molecular complexity index is 80.2. The quantitative estimate of drug-likeness (QED) is 0.572. The van der Waals surface area contributed by atoms with Crippen LogP contribution in [0.3, 0.4) is 0 Å². The summed E-state index contributed by atoms with van der Waals surface area (Å²) in [6.07, 6.45) is 0. The van der Waals surface area contributed by atoms with Crippen LogP contribution in [-0.4, -0.2) is 19.8 Å². The average Bonchev–Trinajstić information content (AvgIpc) is 1.87. The lowest BCUT2D eigenvalue weighted by atomic mass is 10.2. The summed E-state index contributed by atoms with van der Waals surface area (Å²) in [5, 5.41) is 0.782. The van der Waals surface area contributed by atoms with Crippen molar-refractivity contribution in [3.63, 3.8) is 0 Å². The van der Waals surface area contributed by atoms with E-state index in [1.54, 1.807) is 0 Å². The molecule has 0 aromatic rings. The molecule has 11 heavy (non-hydrogen) atoms. The van der Waals surface area contributed by atoms with Crippen LogP contribution in [0.25, 0.3) is 0 Å². The van der Waals surface area contributed by atoms with Gasteiger partial charge in [-0.15, -0.1) is 0 Å². The van der Waals surface area contributed by atoms with Gasteiger partial charge in [-0.1, -0.05) is 19.1 Å². The third-order valence-corrected chi connectivity index (χ3v) is 1.19. The molecule has 3 nitrogen and oxygen atoms in total. The van der Waals surface area contributed by atoms with Gasteiger partial charge in [0, 0.05) is 5.92 Å². The zero-order valence-electron chi connectivity index (χ0n) is 8.02. The minimum Gasteiger partial charge on any atom is -0.170 e. The van der Waals surface area contributed by atoms with Crippen LogP contribution in [-0.2, 0) is 9.68 Å². The second kappa shape index (κ2) is 6.58. The molecule has 0 bridgehead atoms. The molecule has 68 valence electrons. The molecular weight excluding hydrogens is 142 g/mol. The molecule has 0 aliphatic rings. The topological polar surface area (TPSA) is 22.9 Å². The van der Waals surface area contributed by atoms with Crippen molar-refractivity contribution in [1.82, 2.24) is 0 Å². The molecule has 0 saturated heterocycles. The number of nitrogens with one attached hydrogen (secondary N) is 1. The van der Waals surface area contributed by atoms with E-state index in [0.717, 1.165) is 11.8 Å². The molecule has 3 heteroatoms. The summed E-state index contributed by atoms with van der Waals surface area (Å²) in [7, 11) is 0. The van der Waals surface area contributed by atoms with Gasteiger partial charge in [0.15, 0.2) is 0 Å². The van der Waals surface area contributed by atoms with Gasteiger partial charge in [-0.05, 0) is 13.8 Å². The summed E-state index contributed by atoms with van der Waals surface area (Å²) in [5.74, 6) is 0.600. The first kappa shape index (κ1) is 10.9. The minimum absolute atomic E-state index is 0.600. The van der Waals surface area contributed by atoms with Crippen molar-refractivity contribution >= 4 is 0 Å². The zero-order valence-corrected chi connectivity index (χ0v) is 8.02. The van der Waals surface area contributed by atoms with E-state index in [-0.39, 0.29) is 0 Å². The van der Waals surface area contributed by atoms with Gasteiger partial charge < -0.3 is 0 Å². The van der Waals surface area contributed by atoms with Gasteiger partial charge >= 0.3 is 0 Å². The van der Waals surface area contributed by atoms with Crippen molar-refractivity contribution in [2.45, 2.75) is 27.7 Å². The van der Waals surface area contributed by atoms with E-state index in [0.29, 0.717) is 19.1 Å². The Balaban J connectivity index is 3.50. The molecule has 0 aliphatic carbocycles. The molecule has 0 spiro atoms. The maximum Gasteiger partial charge on any atom is 0.142 e. The Kier molecular flexibility index (Phi) is 6.51. The highest BCUT2D eigenvalue weighted by molar-refractivity contribution is 4.32. The smallest absolute Gasteiger partial charge is 0.142 e. The summed E-state index contributed by atoms with van der Waals surface area (Å²) >= 11 is 0. The molecule has 0 amide bonds. The van der Waals surface area contributed by atoms with Crippen molar-refractivity contribution in [2.75, 3.05) is 19.8 Å². The first-order valence-corrected chi connectivity index (χ1v) is 4.32. The van der Waals surface area contributed by atoms with Gasteiger partial charge in [-0.3, -0.25) is 0 Å². The number of hydrogen-bond donors (Lipinski definition) is 1. The lowest BCUT2D eigenvalue weighted by molar-refractivity contribution is -1.24. The summed E-state index contributed by atoms with van der Waals surface area (Å²) in [6, 6.07) is 0. The molecule has 0 aromatic carbocycles. The van der Waals surface area contributed by atoms with Crippen LogP contribution in [0.1, 0.15) is 27.7 Å². The van der Waals surface area contributed by atoms with Crippen LogP contribution >= 0.6 is 0 Å². The lowest BCUT2D eigenvalue weighted by Gasteiger charge is -2.15. The van der Waals surface area contributed by atoms with Gasteiger partial charge in [-0.2, -0.15) is 9.68 Å². The van der Waals surface area contributed by atoms with Crippen LogP contribution in [0, 0.1) is 5.92 Å². The first-order valence-electron chi connectivity index (χ1n) is 4.32. The fraction of sp³-hybridized carbons (Fsp3) is 1.00. The summed E-state index contributed by atoms with van der Waals surface area (Å²) < 4.78 is 0. The van der Waals surface area contributed by atoms with Crippen molar-refractivity contribution in [2.24, 2.45) is 5.92 Å². The molecule has 0 unspecified atom stereocenters. The molecule has 0 fully saturated rings. The maximum absolute atomic E-state index is 5.29. The van der Waals surface area contributed by atoms with E-state index in [9.17, 15) is 0 Å². The predicted octanol–water partition coefficient (Wildman–Crippen LogP) is 0.430. The van der Waals surface area contributed by atoms with Crippen LogP contribution in [0.2, 0.25) is 0 Å². The van der Waals surface area contributed by atoms with Crippen LogP contribution in [0.15, 0.2) is 0 Å². The summed E-state index contributed by atoms with van der Waals surface area (Å²) in [6.45, 7) is 10.5. The Hall–Kier alpha value is -0.120. The normalized spacial score (nSPS) is 11.5. The third kappa shape index (κ3) is 6.28. The Morgan fingerprint density at radius 2 is 1.55 bits per heavy atom. The summed E-state index contributed by atoms with van der Waals surface area (Å²) in [5.41, 5.74) is 0. The molecule has 0 saturated carbocycles. The van der Waals surface area contributed by atoms with Crippen LogP contribution in [0.4, 0.5) is 0 Å². The van der Waals surface area contributed by atoms with E-state index in [1.165, 1.54) is 0 Å². The van der Waals surface area contributed by atoms with Crippen molar-refractivity contribution in [3.8, 4) is 0 Å². The number of hydrogen-bond acceptors (Lipinski definition) is 2. The predicted molar refractivity (Wildman–Crippen MR) is 43.9 cm³/mol. The van der Waals surface area contributed by atoms with Crippen molar-refractivity contribution in [3.05, 3.63) is 0 Å². The second-order valence-corrected chi connectivity index (χ2v) is 2.84. The van der Waals surface area contributed by atoms with E-state index in [1.807, 2.05) is 13.8 Å². The average molecular weight is 162 g/mol. The number of rotatable bonds is 6. The number of quaternary nitrogens is 1. The summed E-state index contributed by atoms with van der Waals surface area (Å²) in [4.78, 5) is 10.6. The van der Waals surface area contributed by atoms with Gasteiger partial charge in [0.25, 0.3) is 0 Å². The van der Waals surface area contributed by atoms with E-state index < -0.39 is 0 Å². The first-order chi connectivity index (χ1) is 5.20. The minimum atomic E-state index is 0.600. The Morgan fingerprint density at radius 3 is 1.82 bits per heavy atom. The fourth-order valence-electron chi connectivity index (χ4n) is 0.815. The molecule has 0 heterocycles. The molecule has 0 atom stereocenters. The van der Waals surface area contributed by atoms with Gasteiger partial charge in [0.1, 0.15) is 19.8 Å². The second-order valence-electron chi connectivity index (χ2n) is 2.84. The highest BCUT2D eigenvalue weighted by Crippen LogP contribution is 1.83. The van der Waals surface area contributed by atoms with E-state index in [2.05, 4.69) is 13.8 Å². The molecule has 0 aliphatic heterocycles. The monoisotopic (exact) mass is 162 g/mol. The highest BCUT2D eigenvalue weighted by atomic mass is 16.9. The fourth-order valence-corrected chi connectivity index (χ4v) is 0.815. The zero-order chi connectivity index (χ0) is 8.69.